The normalized spacial score (nSPS) is 25.5. The zero-order valence-electron chi connectivity index (χ0n) is 24.9. The van der Waals surface area contributed by atoms with Gasteiger partial charge in [0.05, 0.1) is 49.0 Å². The van der Waals surface area contributed by atoms with Gasteiger partial charge in [-0.2, -0.15) is 15.1 Å². The fourth-order valence-corrected chi connectivity index (χ4v) is 7.68. The molecular weight excluding hydrogens is 624 g/mol. The molecule has 0 aliphatic carbocycles. The summed E-state index contributed by atoms with van der Waals surface area (Å²) < 4.78 is 54.4. The Bertz CT molecular complexity index is 1830. The van der Waals surface area contributed by atoms with E-state index in [1.54, 1.807) is 18.5 Å². The van der Waals surface area contributed by atoms with Crippen molar-refractivity contribution in [2.75, 3.05) is 57.5 Å². The molecule has 1 N–H and O–H groups in total. The van der Waals surface area contributed by atoms with Crippen LogP contribution in [0.25, 0.3) is 33.1 Å². The van der Waals surface area contributed by atoms with Gasteiger partial charge in [0.1, 0.15) is 35.9 Å². The van der Waals surface area contributed by atoms with E-state index in [9.17, 15) is 9.18 Å². The van der Waals surface area contributed by atoms with Crippen molar-refractivity contribution in [1.82, 2.24) is 30.0 Å². The molecule has 12 nitrogen and oxygen atoms in total. The Morgan fingerprint density at radius 2 is 2.07 bits per heavy atom. The Kier molecular flexibility index (Phi) is 7.53. The van der Waals surface area contributed by atoms with E-state index in [2.05, 4.69) is 25.1 Å². The fraction of sp³-hybridized carbons (Fsp3) is 0.516. The zero-order chi connectivity index (χ0) is 31.4. The summed E-state index contributed by atoms with van der Waals surface area (Å²) in [6.45, 7) is 2.46. The van der Waals surface area contributed by atoms with Crippen molar-refractivity contribution in [3.8, 4) is 17.3 Å². The highest BCUT2D eigenvalue weighted by Gasteiger charge is 2.49. The molecule has 0 unspecified atom stereocenters. The van der Waals surface area contributed by atoms with E-state index >= 15 is 4.39 Å². The van der Waals surface area contributed by atoms with Gasteiger partial charge in [-0.15, -0.1) is 0 Å². The number of hydrogen-bond donors (Lipinski definition) is 1. The monoisotopic (exact) mass is 655 g/mol. The Labute approximate surface area is 267 Å². The van der Waals surface area contributed by atoms with Crippen molar-refractivity contribution in [2.45, 2.75) is 49.9 Å². The van der Waals surface area contributed by atoms with E-state index in [0.29, 0.717) is 77.2 Å². The van der Waals surface area contributed by atoms with Crippen LogP contribution in [0, 0.1) is 5.82 Å². The number of carbonyl (C=O) groups is 1. The Morgan fingerprint density at radius 1 is 1.15 bits per heavy atom. The van der Waals surface area contributed by atoms with Crippen LogP contribution in [0.15, 0.2) is 18.5 Å². The molecule has 1 aromatic carbocycles. The van der Waals surface area contributed by atoms with E-state index in [1.165, 1.54) is 0 Å². The molecule has 3 aromatic heterocycles. The first-order valence-electron chi connectivity index (χ1n) is 15.6. The van der Waals surface area contributed by atoms with Gasteiger partial charge in [-0.25, -0.2) is 13.6 Å². The molecule has 5 aliphatic rings. The van der Waals surface area contributed by atoms with Gasteiger partial charge in [0, 0.05) is 41.7 Å². The number of ether oxygens (including phenoxy) is 4. The number of halogens is 3. The van der Waals surface area contributed by atoms with Crippen LogP contribution < -0.4 is 9.64 Å². The first kappa shape index (κ1) is 29.5. The number of aromatic amines is 1. The summed E-state index contributed by atoms with van der Waals surface area (Å²) in [5.74, 6) is -0.312. The largest absolute Gasteiger partial charge is 0.508 e. The quantitative estimate of drug-likeness (QED) is 0.311. The number of hydrogen-bond acceptors (Lipinski definition) is 11. The molecule has 0 radical (unpaired) electrons. The van der Waals surface area contributed by atoms with Crippen molar-refractivity contribution in [3.05, 3.63) is 34.9 Å². The lowest BCUT2D eigenvalue weighted by Crippen LogP contribution is -2.43. The van der Waals surface area contributed by atoms with Crippen LogP contribution in [-0.2, 0) is 20.6 Å². The smallest absolute Gasteiger partial charge is 0.461 e. The molecule has 4 aromatic rings. The minimum Gasteiger partial charge on any atom is -0.461 e. The van der Waals surface area contributed by atoms with Crippen LogP contribution in [0.1, 0.15) is 31.2 Å². The molecular formula is C31H32ClF2N7O5. The summed E-state index contributed by atoms with van der Waals surface area (Å²) >= 11 is 6.75. The maximum atomic E-state index is 17.0. The third-order valence-electron chi connectivity index (χ3n) is 9.50. The number of alkyl halides is 1. The Morgan fingerprint density at radius 3 is 2.98 bits per heavy atom. The number of benzene rings is 1. The van der Waals surface area contributed by atoms with Gasteiger partial charge in [-0.1, -0.05) is 11.6 Å². The second-order valence-corrected chi connectivity index (χ2v) is 12.8. The average molecular weight is 656 g/mol. The highest BCUT2D eigenvalue weighted by molar-refractivity contribution is 6.33. The van der Waals surface area contributed by atoms with Gasteiger partial charge in [-0.05, 0) is 43.9 Å². The third kappa shape index (κ3) is 5.16. The zero-order valence-corrected chi connectivity index (χ0v) is 25.7. The van der Waals surface area contributed by atoms with Crippen LogP contribution in [-0.4, -0.2) is 107 Å². The van der Waals surface area contributed by atoms with Crippen molar-refractivity contribution in [3.63, 3.8) is 0 Å². The fourth-order valence-electron chi connectivity index (χ4n) is 7.38. The van der Waals surface area contributed by atoms with Crippen LogP contribution in [0.5, 0.6) is 6.01 Å². The summed E-state index contributed by atoms with van der Waals surface area (Å²) in [6.07, 6.45) is 3.61. The SMILES string of the molecule is O=C1OCCCc2c(Cl)cc3[nH]ncc3c2-c2ncc3c(nc(OC[C@]45CCCN4C[C@H](F)C5)nc3c2F)N2CCOC[C@H](C2)O1. The van der Waals surface area contributed by atoms with Gasteiger partial charge in [-0.3, -0.25) is 15.0 Å². The summed E-state index contributed by atoms with van der Waals surface area (Å²) in [6, 6.07) is 1.70. The molecule has 6 bridgehead atoms. The lowest BCUT2D eigenvalue weighted by molar-refractivity contribution is -0.00448. The number of fused-ring (bicyclic) bond motifs is 8. The lowest BCUT2D eigenvalue weighted by atomic mass is 9.95. The molecule has 46 heavy (non-hydrogen) atoms. The Hall–Kier alpha value is -3.88. The molecule has 9 rings (SSSR count). The number of nitrogens with zero attached hydrogens (tertiary/aromatic N) is 6. The number of carbonyl (C=O) groups excluding carboxylic acids is 1. The molecule has 0 amide bonds. The second-order valence-electron chi connectivity index (χ2n) is 12.4. The van der Waals surface area contributed by atoms with Gasteiger partial charge >= 0.3 is 12.2 Å². The molecule has 3 saturated heterocycles. The average Bonchev–Trinajstić information content (AvgIpc) is 3.68. The molecule has 3 fully saturated rings. The Balaban J connectivity index is 1.30. The summed E-state index contributed by atoms with van der Waals surface area (Å²) in [5, 5.41) is 8.44. The molecule has 5 aliphatic heterocycles. The van der Waals surface area contributed by atoms with E-state index < -0.39 is 29.8 Å². The summed E-state index contributed by atoms with van der Waals surface area (Å²) in [5.41, 5.74) is 1.32. The topological polar surface area (TPSA) is 128 Å². The van der Waals surface area contributed by atoms with Crippen molar-refractivity contribution < 1.29 is 32.5 Å². The molecule has 0 spiro atoms. The van der Waals surface area contributed by atoms with Gasteiger partial charge in [0.15, 0.2) is 5.82 Å². The number of anilines is 1. The van der Waals surface area contributed by atoms with Crippen LogP contribution in [0.2, 0.25) is 5.02 Å². The third-order valence-corrected chi connectivity index (χ3v) is 9.83. The minimum absolute atomic E-state index is 0.0114. The predicted molar refractivity (Wildman–Crippen MR) is 164 cm³/mol. The highest BCUT2D eigenvalue weighted by atomic mass is 35.5. The molecule has 15 heteroatoms. The standard InChI is InChI=1S/C31H32ClF2N7O5/c32-22-9-23-20(12-36-39-23)24-19(22)3-1-7-44-30(42)46-18-14-40(6-8-43-15-18)28-21-11-35-27(24)25(34)26(21)37-29(38-28)45-16-31-4-2-5-41(31)13-17(33)10-31/h9,11-12,17-18H,1-8,10,13-16H2,(H,36,39)/t17-,18+,31-/m1/s1. The number of nitrogens with one attached hydrogen (secondary N) is 1. The van der Waals surface area contributed by atoms with Crippen LogP contribution in [0.4, 0.5) is 19.4 Å². The molecule has 8 heterocycles. The maximum Gasteiger partial charge on any atom is 0.508 e. The first-order valence-corrected chi connectivity index (χ1v) is 16.0. The molecule has 242 valence electrons. The lowest BCUT2D eigenvalue weighted by Gasteiger charge is -2.31. The minimum atomic E-state index is -0.928. The van der Waals surface area contributed by atoms with E-state index in [1.807, 2.05) is 4.90 Å². The van der Waals surface area contributed by atoms with Crippen molar-refractivity contribution in [1.29, 1.82) is 0 Å². The first-order chi connectivity index (χ1) is 22.4. The van der Waals surface area contributed by atoms with Gasteiger partial charge in [0.25, 0.3) is 0 Å². The number of aromatic nitrogens is 5. The van der Waals surface area contributed by atoms with Crippen LogP contribution >= 0.6 is 11.6 Å². The number of rotatable bonds is 3. The second kappa shape index (κ2) is 11.7. The van der Waals surface area contributed by atoms with Crippen LogP contribution in [0.3, 0.4) is 0 Å². The van der Waals surface area contributed by atoms with E-state index in [-0.39, 0.29) is 43.6 Å². The van der Waals surface area contributed by atoms with E-state index in [4.69, 9.17) is 35.5 Å². The molecule has 3 atom stereocenters. The van der Waals surface area contributed by atoms with E-state index in [0.717, 1.165) is 19.4 Å². The van der Waals surface area contributed by atoms with Crippen molar-refractivity contribution in [2.24, 2.45) is 0 Å². The highest BCUT2D eigenvalue weighted by Crippen LogP contribution is 2.42. The molecule has 0 saturated carbocycles. The maximum absolute atomic E-state index is 17.0. The van der Waals surface area contributed by atoms with Gasteiger partial charge in [0.2, 0.25) is 0 Å². The predicted octanol–water partition coefficient (Wildman–Crippen LogP) is 4.62. The number of H-pyrrole nitrogens is 1. The number of pyridine rings is 1. The summed E-state index contributed by atoms with van der Waals surface area (Å²) in [4.78, 5) is 30.6. The van der Waals surface area contributed by atoms with Crippen molar-refractivity contribution >= 4 is 45.4 Å². The summed E-state index contributed by atoms with van der Waals surface area (Å²) in [7, 11) is 0. The van der Waals surface area contributed by atoms with Gasteiger partial charge < -0.3 is 23.8 Å².